The van der Waals surface area contributed by atoms with Crippen LogP contribution in [0, 0.1) is 0 Å². The molecule has 1 atom stereocenters. The van der Waals surface area contributed by atoms with Gasteiger partial charge in [-0.15, -0.1) is 0 Å². The van der Waals surface area contributed by atoms with Gasteiger partial charge in [-0.3, -0.25) is 4.79 Å². The molecule has 0 saturated heterocycles. The molecule has 0 fully saturated rings. The Morgan fingerprint density at radius 1 is 1.33 bits per heavy atom. The molecule has 0 heterocycles. The van der Waals surface area contributed by atoms with Crippen LogP contribution in [0.4, 0.5) is 0 Å². The van der Waals surface area contributed by atoms with Crippen LogP contribution in [0.25, 0.3) is 0 Å². The van der Waals surface area contributed by atoms with Crippen LogP contribution in [-0.2, 0) is 9.53 Å². The Kier molecular flexibility index (Phi) is 4.95. The number of ether oxygens (including phenoxy) is 1. The summed E-state index contributed by atoms with van der Waals surface area (Å²) in [5.41, 5.74) is -0.234. The van der Waals surface area contributed by atoms with E-state index in [1.54, 1.807) is 0 Å². The summed E-state index contributed by atoms with van der Waals surface area (Å²) >= 11 is 0. The van der Waals surface area contributed by atoms with Gasteiger partial charge in [-0.05, 0) is 19.8 Å². The molecule has 0 aliphatic carbocycles. The lowest BCUT2D eigenvalue weighted by molar-refractivity contribution is -0.158. The number of esters is 1. The molecule has 0 bridgehead atoms. The molecule has 0 saturated carbocycles. The highest BCUT2D eigenvalue weighted by Crippen LogP contribution is 2.21. The molecule has 0 radical (unpaired) electrons. The van der Waals surface area contributed by atoms with Crippen molar-refractivity contribution in [1.29, 1.82) is 0 Å². The van der Waals surface area contributed by atoms with Crippen LogP contribution in [0.5, 0.6) is 0 Å². The minimum absolute atomic E-state index is 0.0900. The summed E-state index contributed by atoms with van der Waals surface area (Å²) in [6.07, 6.45) is 3.38. The lowest BCUT2D eigenvalue weighted by Crippen LogP contribution is -2.30. The van der Waals surface area contributed by atoms with Crippen LogP contribution < -0.4 is 0 Å². The normalized spacial score (nSPS) is 15.3. The largest absolute Gasteiger partial charge is 0.459 e. The number of hydrogen-bond acceptors (Lipinski definition) is 2. The number of carbonyl (C=O) groups excluding carboxylic acids is 1. The van der Waals surface area contributed by atoms with Gasteiger partial charge in [0, 0.05) is 6.42 Å². The average molecular weight is 172 g/mol. The van der Waals surface area contributed by atoms with Crippen molar-refractivity contribution in [2.45, 2.75) is 59.0 Å². The number of rotatable bonds is 5. The highest BCUT2D eigenvalue weighted by atomic mass is 16.6. The van der Waals surface area contributed by atoms with E-state index in [9.17, 15) is 4.79 Å². The van der Waals surface area contributed by atoms with E-state index in [0.29, 0.717) is 6.42 Å². The lowest BCUT2D eigenvalue weighted by Gasteiger charge is -2.27. The van der Waals surface area contributed by atoms with Crippen LogP contribution in [0.2, 0.25) is 0 Å². The lowest BCUT2D eigenvalue weighted by atomic mass is 9.97. The van der Waals surface area contributed by atoms with Gasteiger partial charge in [0.15, 0.2) is 0 Å². The van der Waals surface area contributed by atoms with E-state index in [0.717, 1.165) is 19.3 Å². The highest BCUT2D eigenvalue weighted by molar-refractivity contribution is 5.69. The Labute approximate surface area is 75.3 Å². The zero-order chi connectivity index (χ0) is 9.61. The molecule has 2 nitrogen and oxygen atoms in total. The quantitative estimate of drug-likeness (QED) is 0.596. The van der Waals surface area contributed by atoms with Crippen LogP contribution in [0.1, 0.15) is 53.4 Å². The van der Waals surface area contributed by atoms with Crippen LogP contribution in [-0.4, -0.2) is 11.6 Å². The molecule has 0 aliphatic heterocycles. The van der Waals surface area contributed by atoms with Crippen molar-refractivity contribution in [1.82, 2.24) is 0 Å². The van der Waals surface area contributed by atoms with Crippen LogP contribution >= 0.6 is 0 Å². The smallest absolute Gasteiger partial charge is 0.306 e. The summed E-state index contributed by atoms with van der Waals surface area (Å²) in [6.45, 7) is 7.99. The van der Waals surface area contributed by atoms with Gasteiger partial charge < -0.3 is 4.74 Å². The fourth-order valence-corrected chi connectivity index (χ4v) is 1.18. The molecule has 72 valence electrons. The second kappa shape index (κ2) is 5.18. The van der Waals surface area contributed by atoms with E-state index in [4.69, 9.17) is 4.74 Å². The molecule has 0 amide bonds. The predicted octanol–water partition coefficient (Wildman–Crippen LogP) is 2.91. The van der Waals surface area contributed by atoms with Crippen molar-refractivity contribution in [3.8, 4) is 0 Å². The van der Waals surface area contributed by atoms with Gasteiger partial charge in [-0.25, -0.2) is 0 Å². The number of carbonyl (C=O) groups is 1. The maximum atomic E-state index is 11.0. The molecule has 0 rings (SSSR count). The molecule has 2 heteroatoms. The molecule has 0 aromatic heterocycles. The molecular weight excluding hydrogens is 152 g/mol. The zero-order valence-electron chi connectivity index (χ0n) is 8.64. The fourth-order valence-electron chi connectivity index (χ4n) is 1.18. The molecule has 0 aromatic carbocycles. The third-order valence-electron chi connectivity index (χ3n) is 2.18. The van der Waals surface area contributed by atoms with Gasteiger partial charge >= 0.3 is 5.97 Å². The maximum absolute atomic E-state index is 11.0. The molecule has 1 unspecified atom stereocenters. The second-order valence-corrected chi connectivity index (χ2v) is 3.38. The Morgan fingerprint density at radius 2 is 1.92 bits per heavy atom. The topological polar surface area (TPSA) is 26.3 Å². The van der Waals surface area contributed by atoms with Crippen molar-refractivity contribution in [2.24, 2.45) is 0 Å². The molecular formula is C10H20O2. The minimum Gasteiger partial charge on any atom is -0.459 e. The summed E-state index contributed by atoms with van der Waals surface area (Å²) in [5.74, 6) is -0.0900. The molecule has 0 spiro atoms. The van der Waals surface area contributed by atoms with E-state index >= 15 is 0 Å². The SMILES string of the molecule is CCCC(C)(CC)OC(=O)CC. The summed E-state index contributed by atoms with van der Waals surface area (Å²) in [4.78, 5) is 11.0. The Hall–Kier alpha value is -0.530. The third-order valence-corrected chi connectivity index (χ3v) is 2.18. The molecule has 12 heavy (non-hydrogen) atoms. The molecule has 0 aliphatic rings. The van der Waals surface area contributed by atoms with E-state index in [1.165, 1.54) is 0 Å². The molecule has 0 aromatic rings. The van der Waals surface area contributed by atoms with E-state index < -0.39 is 0 Å². The van der Waals surface area contributed by atoms with Gasteiger partial charge in [-0.2, -0.15) is 0 Å². The number of hydrogen-bond donors (Lipinski definition) is 0. The average Bonchev–Trinajstić information content (AvgIpc) is 2.05. The van der Waals surface area contributed by atoms with Crippen molar-refractivity contribution in [3.05, 3.63) is 0 Å². The zero-order valence-corrected chi connectivity index (χ0v) is 8.64. The minimum atomic E-state index is -0.234. The first-order valence-electron chi connectivity index (χ1n) is 4.79. The van der Waals surface area contributed by atoms with Gasteiger partial charge in [0.05, 0.1) is 0 Å². The van der Waals surface area contributed by atoms with Crippen molar-refractivity contribution in [3.63, 3.8) is 0 Å². The summed E-state index contributed by atoms with van der Waals surface area (Å²) in [6, 6.07) is 0. The maximum Gasteiger partial charge on any atom is 0.306 e. The standard InChI is InChI=1S/C10H20O2/c1-5-8-10(4,7-3)12-9(11)6-2/h5-8H2,1-4H3. The third kappa shape index (κ3) is 3.74. The van der Waals surface area contributed by atoms with Crippen LogP contribution in [0.15, 0.2) is 0 Å². The summed E-state index contributed by atoms with van der Waals surface area (Å²) in [5, 5.41) is 0. The van der Waals surface area contributed by atoms with Crippen molar-refractivity contribution >= 4 is 5.97 Å². The Morgan fingerprint density at radius 3 is 2.25 bits per heavy atom. The monoisotopic (exact) mass is 172 g/mol. The highest BCUT2D eigenvalue weighted by Gasteiger charge is 2.24. The summed E-state index contributed by atoms with van der Waals surface area (Å²) < 4.78 is 5.34. The van der Waals surface area contributed by atoms with Gasteiger partial charge in [0.2, 0.25) is 0 Å². The molecule has 0 N–H and O–H groups in total. The van der Waals surface area contributed by atoms with Crippen molar-refractivity contribution < 1.29 is 9.53 Å². The first kappa shape index (κ1) is 11.5. The Bertz CT molecular complexity index is 143. The van der Waals surface area contributed by atoms with Gasteiger partial charge in [0.25, 0.3) is 0 Å². The van der Waals surface area contributed by atoms with Crippen LogP contribution in [0.3, 0.4) is 0 Å². The first-order valence-corrected chi connectivity index (χ1v) is 4.79. The van der Waals surface area contributed by atoms with Gasteiger partial charge in [0.1, 0.15) is 5.60 Å². The predicted molar refractivity (Wildman–Crippen MR) is 50.0 cm³/mol. The second-order valence-electron chi connectivity index (χ2n) is 3.38. The van der Waals surface area contributed by atoms with E-state index in [2.05, 4.69) is 13.8 Å². The van der Waals surface area contributed by atoms with Gasteiger partial charge in [-0.1, -0.05) is 27.2 Å². The van der Waals surface area contributed by atoms with E-state index in [1.807, 2.05) is 13.8 Å². The van der Waals surface area contributed by atoms with Crippen molar-refractivity contribution in [2.75, 3.05) is 0 Å². The first-order chi connectivity index (χ1) is 5.58. The Balaban J connectivity index is 4.03. The fraction of sp³-hybridized carbons (Fsp3) is 0.900. The summed E-state index contributed by atoms with van der Waals surface area (Å²) in [7, 11) is 0. The van der Waals surface area contributed by atoms with E-state index in [-0.39, 0.29) is 11.6 Å².